The summed E-state index contributed by atoms with van der Waals surface area (Å²) in [6, 6.07) is 8.41. The van der Waals surface area contributed by atoms with Crippen LogP contribution in [-0.2, 0) is 4.79 Å². The Kier molecular flexibility index (Phi) is 6.72. The molecule has 30 heavy (non-hydrogen) atoms. The molecule has 1 N–H and O–H groups in total. The minimum atomic E-state index is -0.465. The molecule has 0 radical (unpaired) electrons. The van der Waals surface area contributed by atoms with Gasteiger partial charge in [0.25, 0.3) is 11.8 Å². The molecule has 8 heteroatoms. The number of likely N-dealkylation sites (tertiary alicyclic amines) is 1. The molecule has 1 aliphatic rings. The molecule has 0 saturated carbocycles. The van der Waals surface area contributed by atoms with Crippen LogP contribution in [0.25, 0.3) is 0 Å². The monoisotopic (exact) mass is 432 g/mol. The highest BCUT2D eigenvalue weighted by molar-refractivity contribution is 6.32. The number of nitrogens with zero attached hydrogens (tertiary/aromatic N) is 1. The van der Waals surface area contributed by atoms with Gasteiger partial charge in [-0.25, -0.2) is 0 Å². The summed E-state index contributed by atoms with van der Waals surface area (Å²) in [6.07, 6.45) is 0.195. The van der Waals surface area contributed by atoms with Crippen molar-refractivity contribution >= 4 is 29.1 Å². The number of anilines is 1. The van der Waals surface area contributed by atoms with Crippen molar-refractivity contribution in [2.75, 3.05) is 32.6 Å². The fraction of sp³-hybridized carbons (Fsp3) is 0.364. The lowest BCUT2D eigenvalue weighted by Crippen LogP contribution is -2.29. The van der Waals surface area contributed by atoms with Crippen LogP contribution >= 0.6 is 11.6 Å². The van der Waals surface area contributed by atoms with Crippen LogP contribution in [-0.4, -0.2) is 50.1 Å². The Morgan fingerprint density at radius 3 is 2.67 bits per heavy atom. The van der Waals surface area contributed by atoms with Crippen molar-refractivity contribution in [2.24, 2.45) is 0 Å². The molecule has 7 nitrogen and oxygen atoms in total. The summed E-state index contributed by atoms with van der Waals surface area (Å²) in [5.74, 6) is 1.03. The van der Waals surface area contributed by atoms with Crippen molar-refractivity contribution in [1.82, 2.24) is 4.90 Å². The van der Waals surface area contributed by atoms with Crippen molar-refractivity contribution in [2.45, 2.75) is 26.4 Å². The minimum absolute atomic E-state index is 0.0219. The summed E-state index contributed by atoms with van der Waals surface area (Å²) in [7, 11) is 3.25. The molecule has 1 unspecified atom stereocenters. The summed E-state index contributed by atoms with van der Waals surface area (Å²) in [5.41, 5.74) is 1.79. The van der Waals surface area contributed by atoms with Crippen LogP contribution in [0.2, 0.25) is 5.02 Å². The normalized spacial score (nSPS) is 15.8. The number of aryl methyl sites for hydroxylation is 1. The van der Waals surface area contributed by atoms with Gasteiger partial charge >= 0.3 is 0 Å². The highest BCUT2D eigenvalue weighted by Crippen LogP contribution is 2.36. The topological polar surface area (TPSA) is 77.1 Å². The Morgan fingerprint density at radius 2 is 2.07 bits per heavy atom. The molecule has 1 heterocycles. The number of carbonyl (C=O) groups is 2. The summed E-state index contributed by atoms with van der Waals surface area (Å²) in [4.78, 5) is 26.4. The smallest absolute Gasteiger partial charge is 0.263 e. The molecule has 1 fully saturated rings. The molecule has 3 rings (SSSR count). The van der Waals surface area contributed by atoms with E-state index in [1.54, 1.807) is 42.3 Å². The second-order valence-electron chi connectivity index (χ2n) is 7.01. The third-order valence-corrected chi connectivity index (χ3v) is 5.16. The first-order chi connectivity index (χ1) is 14.3. The van der Waals surface area contributed by atoms with Gasteiger partial charge < -0.3 is 24.4 Å². The van der Waals surface area contributed by atoms with Crippen molar-refractivity contribution in [3.05, 3.63) is 46.5 Å². The van der Waals surface area contributed by atoms with Crippen LogP contribution in [0.1, 0.15) is 29.3 Å². The summed E-state index contributed by atoms with van der Waals surface area (Å²) >= 11 is 6.26. The molecule has 2 aromatic carbocycles. The van der Waals surface area contributed by atoms with Crippen LogP contribution in [0.4, 0.5) is 5.69 Å². The third kappa shape index (κ3) is 4.62. The molecule has 2 amide bonds. The molecule has 2 aromatic rings. The Balaban J connectivity index is 1.74. The van der Waals surface area contributed by atoms with Crippen LogP contribution in [0.5, 0.6) is 17.2 Å². The first-order valence-corrected chi connectivity index (χ1v) is 10.1. The number of nitrogens with one attached hydrogen (secondary N) is 1. The summed E-state index contributed by atoms with van der Waals surface area (Å²) in [6.45, 7) is 4.81. The number of amides is 2. The summed E-state index contributed by atoms with van der Waals surface area (Å²) in [5, 5.41) is 3.17. The highest BCUT2D eigenvalue weighted by atomic mass is 35.5. The summed E-state index contributed by atoms with van der Waals surface area (Å²) < 4.78 is 16.6. The van der Waals surface area contributed by atoms with Crippen LogP contribution < -0.4 is 19.5 Å². The van der Waals surface area contributed by atoms with E-state index >= 15 is 0 Å². The number of methoxy groups -OCH3 is 1. The average molecular weight is 433 g/mol. The van der Waals surface area contributed by atoms with Gasteiger partial charge in [-0.05, 0) is 49.7 Å². The third-order valence-electron chi connectivity index (χ3n) is 4.88. The number of ether oxygens (including phenoxy) is 3. The molecule has 0 spiro atoms. The quantitative estimate of drug-likeness (QED) is 0.717. The van der Waals surface area contributed by atoms with Gasteiger partial charge in [-0.1, -0.05) is 11.6 Å². The zero-order chi connectivity index (χ0) is 21.8. The molecule has 0 aromatic heterocycles. The zero-order valence-corrected chi connectivity index (χ0v) is 18.2. The molecule has 1 aliphatic heterocycles. The van der Waals surface area contributed by atoms with E-state index in [1.165, 1.54) is 7.11 Å². The first kappa shape index (κ1) is 21.8. The maximum absolute atomic E-state index is 12.8. The van der Waals surface area contributed by atoms with E-state index in [0.717, 1.165) is 5.56 Å². The van der Waals surface area contributed by atoms with E-state index < -0.39 is 6.10 Å². The van der Waals surface area contributed by atoms with Crippen LogP contribution in [0.3, 0.4) is 0 Å². The second kappa shape index (κ2) is 9.26. The number of rotatable bonds is 7. The largest absolute Gasteiger partial charge is 0.493 e. The first-order valence-electron chi connectivity index (χ1n) is 9.68. The molecular formula is C22H25ClN2O5. The predicted octanol–water partition coefficient (Wildman–Crippen LogP) is 3.92. The maximum Gasteiger partial charge on any atom is 0.263 e. The number of carbonyl (C=O) groups excluding carboxylic acids is 2. The lowest BCUT2D eigenvalue weighted by molar-refractivity contribution is -0.132. The zero-order valence-electron chi connectivity index (χ0n) is 17.5. The molecule has 0 aliphatic carbocycles. The van der Waals surface area contributed by atoms with Crippen molar-refractivity contribution in [3.8, 4) is 17.2 Å². The van der Waals surface area contributed by atoms with Gasteiger partial charge in [0, 0.05) is 31.3 Å². The standard InChI is InChI=1S/C22H25ClN2O5/c1-5-29-20-16(23)11-14(12-19(20)28-4)21(26)24-17-7-6-15(10-13(17)2)30-18-8-9-25(3)22(18)27/h6-7,10-12,18H,5,8-9H2,1-4H3,(H,24,26). The van der Waals surface area contributed by atoms with Crippen LogP contribution in [0.15, 0.2) is 30.3 Å². The molecule has 0 bridgehead atoms. The van der Waals surface area contributed by atoms with E-state index in [1.807, 2.05) is 13.8 Å². The number of halogens is 1. The molecule has 160 valence electrons. The van der Waals surface area contributed by atoms with Crippen molar-refractivity contribution in [3.63, 3.8) is 0 Å². The average Bonchev–Trinajstić information content (AvgIpc) is 3.03. The van der Waals surface area contributed by atoms with E-state index in [2.05, 4.69) is 5.32 Å². The SMILES string of the molecule is CCOc1c(Cl)cc(C(=O)Nc2ccc(OC3CCN(C)C3=O)cc2C)cc1OC. The highest BCUT2D eigenvalue weighted by Gasteiger charge is 2.30. The van der Waals surface area contributed by atoms with E-state index in [9.17, 15) is 9.59 Å². The van der Waals surface area contributed by atoms with E-state index in [4.69, 9.17) is 25.8 Å². The van der Waals surface area contributed by atoms with Gasteiger partial charge in [-0.15, -0.1) is 0 Å². The van der Waals surface area contributed by atoms with E-state index in [0.29, 0.717) is 53.1 Å². The predicted molar refractivity (Wildman–Crippen MR) is 115 cm³/mol. The maximum atomic E-state index is 12.8. The second-order valence-corrected chi connectivity index (χ2v) is 7.42. The van der Waals surface area contributed by atoms with E-state index in [-0.39, 0.29) is 11.8 Å². The fourth-order valence-corrected chi connectivity index (χ4v) is 3.51. The molecular weight excluding hydrogens is 408 g/mol. The molecule has 1 saturated heterocycles. The fourth-order valence-electron chi connectivity index (χ4n) is 3.24. The van der Waals surface area contributed by atoms with Crippen molar-refractivity contribution in [1.29, 1.82) is 0 Å². The Bertz CT molecular complexity index is 963. The number of hydrogen-bond donors (Lipinski definition) is 1. The lowest BCUT2D eigenvalue weighted by Gasteiger charge is -2.16. The van der Waals surface area contributed by atoms with Gasteiger partial charge in [-0.3, -0.25) is 9.59 Å². The van der Waals surface area contributed by atoms with Gasteiger partial charge in [0.2, 0.25) is 0 Å². The number of benzene rings is 2. The molecule has 1 atom stereocenters. The van der Waals surface area contributed by atoms with Crippen molar-refractivity contribution < 1.29 is 23.8 Å². The Morgan fingerprint density at radius 1 is 1.30 bits per heavy atom. The van der Waals surface area contributed by atoms with Gasteiger partial charge in [-0.2, -0.15) is 0 Å². The van der Waals surface area contributed by atoms with Crippen LogP contribution in [0, 0.1) is 6.92 Å². The van der Waals surface area contributed by atoms with Gasteiger partial charge in [0.05, 0.1) is 18.7 Å². The Labute approximate surface area is 180 Å². The Hall–Kier alpha value is -2.93. The number of hydrogen-bond acceptors (Lipinski definition) is 5. The number of likely N-dealkylation sites (N-methyl/N-ethyl adjacent to an activating group) is 1. The lowest BCUT2D eigenvalue weighted by atomic mass is 10.1. The van der Waals surface area contributed by atoms with Gasteiger partial charge in [0.1, 0.15) is 5.75 Å². The van der Waals surface area contributed by atoms with Gasteiger partial charge in [0.15, 0.2) is 17.6 Å². The minimum Gasteiger partial charge on any atom is -0.493 e.